The molecule has 0 aliphatic carbocycles. The zero-order valence-electron chi connectivity index (χ0n) is 16.1. The van der Waals surface area contributed by atoms with Gasteiger partial charge in [-0.1, -0.05) is 18.2 Å². The Kier molecular flexibility index (Phi) is 5.70. The number of aromatic nitrogens is 2. The molecule has 0 unspecified atom stereocenters. The van der Waals surface area contributed by atoms with Gasteiger partial charge in [-0.2, -0.15) is 13.2 Å². The van der Waals surface area contributed by atoms with Crippen LogP contribution in [0.4, 0.5) is 17.6 Å². The minimum absolute atomic E-state index is 0.206. The lowest BCUT2D eigenvalue weighted by Crippen LogP contribution is -2.04. The van der Waals surface area contributed by atoms with Gasteiger partial charge in [0.2, 0.25) is 5.88 Å². The van der Waals surface area contributed by atoms with E-state index in [1.165, 1.54) is 24.5 Å². The van der Waals surface area contributed by atoms with Crippen LogP contribution >= 0.6 is 0 Å². The van der Waals surface area contributed by atoms with Gasteiger partial charge in [0.25, 0.3) is 0 Å². The molecule has 4 rings (SSSR count). The molecule has 0 atom stereocenters. The molecule has 8 heteroatoms. The zero-order chi connectivity index (χ0) is 21.8. The number of hydrogen-bond donors (Lipinski definition) is 0. The van der Waals surface area contributed by atoms with Crippen molar-refractivity contribution in [3.63, 3.8) is 0 Å². The molecule has 1 heterocycles. The maximum Gasteiger partial charge on any atom is 0.416 e. The van der Waals surface area contributed by atoms with Gasteiger partial charge in [0.1, 0.15) is 29.2 Å². The molecule has 3 aromatic carbocycles. The number of ether oxygens (including phenoxy) is 2. The first-order valence-electron chi connectivity index (χ1n) is 9.36. The fourth-order valence-electron chi connectivity index (χ4n) is 2.98. The van der Waals surface area contributed by atoms with Gasteiger partial charge < -0.3 is 9.47 Å². The van der Waals surface area contributed by atoms with Gasteiger partial charge in [0.15, 0.2) is 0 Å². The number of rotatable bonds is 6. The second kappa shape index (κ2) is 8.59. The van der Waals surface area contributed by atoms with Crippen molar-refractivity contribution in [3.05, 3.63) is 90.0 Å². The summed E-state index contributed by atoms with van der Waals surface area (Å²) in [5.74, 6) is 0.689. The van der Waals surface area contributed by atoms with Crippen molar-refractivity contribution in [2.24, 2.45) is 0 Å². The number of benzene rings is 3. The number of hydrogen-bond acceptors (Lipinski definition) is 4. The van der Waals surface area contributed by atoms with Crippen molar-refractivity contribution < 1.29 is 27.0 Å². The summed E-state index contributed by atoms with van der Waals surface area (Å²) in [6.45, 7) is 0.321. The van der Waals surface area contributed by atoms with Gasteiger partial charge in [-0.15, -0.1) is 0 Å². The third kappa shape index (κ3) is 4.91. The van der Waals surface area contributed by atoms with Crippen molar-refractivity contribution in [2.75, 3.05) is 6.61 Å². The van der Waals surface area contributed by atoms with Crippen LogP contribution in [0.3, 0.4) is 0 Å². The Labute approximate surface area is 175 Å². The van der Waals surface area contributed by atoms with Crippen LogP contribution in [0.2, 0.25) is 0 Å². The summed E-state index contributed by atoms with van der Waals surface area (Å²) < 4.78 is 63.0. The third-order valence-electron chi connectivity index (χ3n) is 4.55. The number of halogens is 4. The zero-order valence-corrected chi connectivity index (χ0v) is 16.1. The van der Waals surface area contributed by atoms with Gasteiger partial charge in [-0.05, 0) is 54.1 Å². The van der Waals surface area contributed by atoms with Crippen LogP contribution < -0.4 is 9.47 Å². The molecule has 0 N–H and O–H groups in total. The Hall–Kier alpha value is -3.68. The summed E-state index contributed by atoms with van der Waals surface area (Å²) in [7, 11) is 0. The molecule has 0 amide bonds. The fraction of sp³-hybridized carbons (Fsp3) is 0.130. The molecule has 0 fully saturated rings. The lowest BCUT2D eigenvalue weighted by atomic mass is 10.1. The molecule has 0 bridgehead atoms. The minimum Gasteiger partial charge on any atom is -0.477 e. The smallest absolute Gasteiger partial charge is 0.416 e. The highest BCUT2D eigenvalue weighted by Crippen LogP contribution is 2.31. The Morgan fingerprint density at radius 1 is 0.806 bits per heavy atom. The van der Waals surface area contributed by atoms with Gasteiger partial charge >= 0.3 is 6.18 Å². The second-order valence-corrected chi connectivity index (χ2v) is 6.68. The Morgan fingerprint density at radius 2 is 1.48 bits per heavy atom. The summed E-state index contributed by atoms with van der Waals surface area (Å²) in [5, 5.41) is 0.503. The molecule has 1 aromatic heterocycles. The summed E-state index contributed by atoms with van der Waals surface area (Å²) >= 11 is 0. The third-order valence-corrected chi connectivity index (χ3v) is 4.55. The van der Waals surface area contributed by atoms with E-state index in [2.05, 4.69) is 9.97 Å². The van der Waals surface area contributed by atoms with Crippen molar-refractivity contribution in [3.8, 4) is 17.4 Å². The topological polar surface area (TPSA) is 44.2 Å². The molecule has 0 saturated heterocycles. The van der Waals surface area contributed by atoms with Crippen molar-refractivity contribution in [1.82, 2.24) is 9.97 Å². The summed E-state index contributed by atoms with van der Waals surface area (Å²) in [5.41, 5.74) is 0.441. The second-order valence-electron chi connectivity index (χ2n) is 6.68. The van der Waals surface area contributed by atoms with E-state index < -0.39 is 17.6 Å². The molecule has 0 radical (unpaired) electrons. The van der Waals surface area contributed by atoms with E-state index in [1.54, 1.807) is 24.3 Å². The van der Waals surface area contributed by atoms with Crippen LogP contribution in [0.1, 0.15) is 11.1 Å². The van der Waals surface area contributed by atoms with Gasteiger partial charge in [0, 0.05) is 6.42 Å². The highest BCUT2D eigenvalue weighted by Gasteiger charge is 2.30. The van der Waals surface area contributed by atoms with Crippen LogP contribution in [0.25, 0.3) is 10.9 Å². The predicted molar refractivity (Wildman–Crippen MR) is 107 cm³/mol. The van der Waals surface area contributed by atoms with Gasteiger partial charge in [-0.3, -0.25) is 0 Å². The van der Waals surface area contributed by atoms with Crippen LogP contribution in [0.15, 0.2) is 73.1 Å². The SMILES string of the molecule is Fc1cccc2c(OCCc3ccc(Oc4ccc(C(F)(F)F)cc4)cc3)ncnc12. The van der Waals surface area contributed by atoms with Crippen LogP contribution in [0.5, 0.6) is 17.4 Å². The number of fused-ring (bicyclic) bond motifs is 1. The van der Waals surface area contributed by atoms with E-state index in [4.69, 9.17) is 9.47 Å². The maximum atomic E-state index is 13.8. The monoisotopic (exact) mass is 428 g/mol. The molecule has 0 spiro atoms. The molecule has 0 aliphatic rings. The first-order valence-corrected chi connectivity index (χ1v) is 9.36. The maximum absolute atomic E-state index is 13.8. The van der Waals surface area contributed by atoms with E-state index >= 15 is 0 Å². The quantitative estimate of drug-likeness (QED) is 0.343. The Bertz CT molecular complexity index is 1180. The Morgan fingerprint density at radius 3 is 2.16 bits per heavy atom. The number of para-hydroxylation sites is 1. The summed E-state index contributed by atoms with van der Waals surface area (Å²) in [6.07, 6.45) is -2.55. The molecule has 0 saturated carbocycles. The highest BCUT2D eigenvalue weighted by molar-refractivity contribution is 5.83. The van der Waals surface area contributed by atoms with E-state index in [0.717, 1.165) is 17.7 Å². The van der Waals surface area contributed by atoms with Crippen molar-refractivity contribution >= 4 is 10.9 Å². The molecule has 0 aliphatic heterocycles. The first kappa shape index (κ1) is 20.6. The molecule has 4 aromatic rings. The fourth-order valence-corrected chi connectivity index (χ4v) is 2.98. The molecule has 31 heavy (non-hydrogen) atoms. The lowest BCUT2D eigenvalue weighted by Gasteiger charge is -2.10. The molecular weight excluding hydrogens is 412 g/mol. The summed E-state index contributed by atoms with van der Waals surface area (Å²) in [6, 6.07) is 16.2. The van der Waals surface area contributed by atoms with Crippen LogP contribution in [0, 0.1) is 5.82 Å². The molecule has 4 nitrogen and oxygen atoms in total. The standard InChI is InChI=1S/C23H16F4N2O2/c24-20-3-1-2-19-21(20)28-14-29-22(19)30-13-12-15-4-8-17(9-5-15)31-18-10-6-16(7-11-18)23(25,26)27/h1-11,14H,12-13H2. The van der Waals surface area contributed by atoms with E-state index in [0.29, 0.717) is 35.8 Å². The molecular formula is C23H16F4N2O2. The van der Waals surface area contributed by atoms with Gasteiger partial charge in [0.05, 0.1) is 17.6 Å². The summed E-state index contributed by atoms with van der Waals surface area (Å²) in [4.78, 5) is 8.00. The molecule has 158 valence electrons. The van der Waals surface area contributed by atoms with E-state index in [1.807, 2.05) is 12.1 Å². The average molecular weight is 428 g/mol. The minimum atomic E-state index is -4.38. The predicted octanol–water partition coefficient (Wildman–Crippen LogP) is 6.20. The van der Waals surface area contributed by atoms with Crippen molar-refractivity contribution in [2.45, 2.75) is 12.6 Å². The van der Waals surface area contributed by atoms with Crippen LogP contribution in [-0.2, 0) is 12.6 Å². The number of alkyl halides is 3. The Balaban J connectivity index is 1.35. The first-order chi connectivity index (χ1) is 14.9. The average Bonchev–Trinajstić information content (AvgIpc) is 2.75. The number of nitrogens with zero attached hydrogens (tertiary/aromatic N) is 2. The van der Waals surface area contributed by atoms with E-state index in [9.17, 15) is 17.6 Å². The normalized spacial score (nSPS) is 11.5. The largest absolute Gasteiger partial charge is 0.477 e. The highest BCUT2D eigenvalue weighted by atomic mass is 19.4. The van der Waals surface area contributed by atoms with E-state index in [-0.39, 0.29) is 5.52 Å². The lowest BCUT2D eigenvalue weighted by molar-refractivity contribution is -0.137. The van der Waals surface area contributed by atoms with Crippen molar-refractivity contribution in [1.29, 1.82) is 0 Å². The van der Waals surface area contributed by atoms with Gasteiger partial charge in [-0.25, -0.2) is 14.4 Å². The van der Waals surface area contributed by atoms with Crippen LogP contribution in [-0.4, -0.2) is 16.6 Å².